The van der Waals surface area contributed by atoms with Crippen molar-refractivity contribution >= 4 is 5.91 Å². The van der Waals surface area contributed by atoms with E-state index in [0.717, 1.165) is 6.07 Å². The van der Waals surface area contributed by atoms with Crippen molar-refractivity contribution in [1.82, 2.24) is 4.90 Å². The highest BCUT2D eigenvalue weighted by atomic mass is 19.1. The Kier molecular flexibility index (Phi) is 4.45. The lowest BCUT2D eigenvalue weighted by atomic mass is 10.1. The maximum Gasteiger partial charge on any atom is 0.256 e. The average molecular weight is 241 g/mol. The molecule has 0 fully saturated rings. The van der Waals surface area contributed by atoms with Crippen molar-refractivity contribution < 1.29 is 19.0 Å². The van der Waals surface area contributed by atoms with Gasteiger partial charge in [0.25, 0.3) is 5.91 Å². The number of nitrogens with zero attached hydrogens (tertiary/aromatic N) is 1. The Morgan fingerprint density at radius 2 is 2.24 bits per heavy atom. The summed E-state index contributed by atoms with van der Waals surface area (Å²) in [5.41, 5.74) is -0.0334. The second-order valence-electron chi connectivity index (χ2n) is 3.88. The van der Waals surface area contributed by atoms with Crippen molar-refractivity contribution in [2.24, 2.45) is 0 Å². The van der Waals surface area contributed by atoms with Crippen molar-refractivity contribution in [1.29, 1.82) is 0 Å². The molecule has 0 bridgehead atoms. The molecule has 0 aromatic heterocycles. The molecule has 0 aliphatic rings. The Balaban J connectivity index is 2.89. The number of hydrogen-bond acceptors (Lipinski definition) is 3. The number of aliphatic hydroxyl groups excluding tert-OH is 1. The number of methoxy groups -OCH3 is 1. The maximum atomic E-state index is 13.6. The highest BCUT2D eigenvalue weighted by Crippen LogP contribution is 2.17. The molecule has 17 heavy (non-hydrogen) atoms. The summed E-state index contributed by atoms with van der Waals surface area (Å²) < 4.78 is 18.4. The van der Waals surface area contributed by atoms with E-state index in [4.69, 9.17) is 9.84 Å². The molecule has 0 spiro atoms. The number of amides is 1. The third kappa shape index (κ3) is 3.42. The van der Waals surface area contributed by atoms with Crippen molar-refractivity contribution in [3.05, 3.63) is 29.6 Å². The molecule has 1 amide bonds. The van der Waals surface area contributed by atoms with E-state index in [0.29, 0.717) is 5.75 Å². The standard InChI is InChI=1S/C12H16FNO3/c1-8(15)7-14(2)12(16)10-5-4-9(17-3)6-11(10)13/h4-6,8,15H,7H2,1-3H3. The Morgan fingerprint density at radius 3 is 2.71 bits per heavy atom. The van der Waals surface area contributed by atoms with Crippen LogP contribution < -0.4 is 4.74 Å². The summed E-state index contributed by atoms with van der Waals surface area (Å²) in [6, 6.07) is 4.05. The van der Waals surface area contributed by atoms with Gasteiger partial charge in [-0.3, -0.25) is 4.79 Å². The van der Waals surface area contributed by atoms with Crippen molar-refractivity contribution in [3.63, 3.8) is 0 Å². The summed E-state index contributed by atoms with van der Waals surface area (Å²) >= 11 is 0. The van der Waals surface area contributed by atoms with E-state index in [1.54, 1.807) is 6.92 Å². The first-order chi connectivity index (χ1) is 7.95. The van der Waals surface area contributed by atoms with Gasteiger partial charge in [0.05, 0.1) is 18.8 Å². The zero-order valence-corrected chi connectivity index (χ0v) is 10.1. The number of likely N-dealkylation sites (N-methyl/N-ethyl adjacent to an activating group) is 1. The normalized spacial score (nSPS) is 12.1. The first-order valence-electron chi connectivity index (χ1n) is 5.22. The maximum absolute atomic E-state index is 13.6. The molecule has 1 unspecified atom stereocenters. The molecule has 1 rings (SSSR count). The van der Waals surface area contributed by atoms with Crippen LogP contribution in [0.5, 0.6) is 5.75 Å². The molecule has 1 atom stereocenters. The predicted molar refractivity (Wildman–Crippen MR) is 61.6 cm³/mol. The van der Waals surface area contributed by atoms with Gasteiger partial charge in [0.15, 0.2) is 0 Å². The first-order valence-corrected chi connectivity index (χ1v) is 5.22. The van der Waals surface area contributed by atoms with E-state index >= 15 is 0 Å². The third-order valence-electron chi connectivity index (χ3n) is 2.29. The second kappa shape index (κ2) is 5.63. The summed E-state index contributed by atoms with van der Waals surface area (Å²) in [5, 5.41) is 9.16. The van der Waals surface area contributed by atoms with E-state index in [2.05, 4.69) is 0 Å². The summed E-state index contributed by atoms with van der Waals surface area (Å²) in [5.74, 6) is -0.741. The van der Waals surface area contributed by atoms with Crippen LogP contribution in [0.15, 0.2) is 18.2 Å². The van der Waals surface area contributed by atoms with Gasteiger partial charge in [-0.1, -0.05) is 0 Å². The van der Waals surface area contributed by atoms with Crippen LogP contribution in [0.2, 0.25) is 0 Å². The van der Waals surface area contributed by atoms with E-state index in [1.165, 1.54) is 31.2 Å². The van der Waals surface area contributed by atoms with Gasteiger partial charge in [-0.15, -0.1) is 0 Å². The Morgan fingerprint density at radius 1 is 1.59 bits per heavy atom. The monoisotopic (exact) mass is 241 g/mol. The summed E-state index contributed by atoms with van der Waals surface area (Å²) in [6.07, 6.45) is -0.648. The van der Waals surface area contributed by atoms with Crippen LogP contribution in [0, 0.1) is 5.82 Å². The lowest BCUT2D eigenvalue weighted by Crippen LogP contribution is -2.33. The molecule has 0 aliphatic carbocycles. The number of ether oxygens (including phenoxy) is 1. The number of hydrogen-bond donors (Lipinski definition) is 1. The van der Waals surface area contributed by atoms with Gasteiger partial charge >= 0.3 is 0 Å². The van der Waals surface area contributed by atoms with Crippen LogP contribution in [0.4, 0.5) is 4.39 Å². The molecule has 0 heterocycles. The first kappa shape index (κ1) is 13.4. The van der Waals surface area contributed by atoms with Crippen molar-refractivity contribution in [2.75, 3.05) is 20.7 Å². The number of benzene rings is 1. The van der Waals surface area contributed by atoms with Gasteiger partial charge in [-0.2, -0.15) is 0 Å². The van der Waals surface area contributed by atoms with Gasteiger partial charge in [0.1, 0.15) is 11.6 Å². The van der Waals surface area contributed by atoms with Crippen LogP contribution in [0.25, 0.3) is 0 Å². The molecule has 4 nitrogen and oxygen atoms in total. The lowest BCUT2D eigenvalue weighted by Gasteiger charge is -2.19. The number of carbonyl (C=O) groups excluding carboxylic acids is 1. The van der Waals surface area contributed by atoms with Crippen molar-refractivity contribution in [2.45, 2.75) is 13.0 Å². The van der Waals surface area contributed by atoms with E-state index in [-0.39, 0.29) is 12.1 Å². The van der Waals surface area contributed by atoms with Crippen LogP contribution >= 0.6 is 0 Å². The molecule has 0 saturated carbocycles. The minimum atomic E-state index is -0.648. The van der Waals surface area contributed by atoms with E-state index in [9.17, 15) is 9.18 Å². The van der Waals surface area contributed by atoms with E-state index < -0.39 is 17.8 Å². The number of halogens is 1. The second-order valence-corrected chi connectivity index (χ2v) is 3.88. The molecule has 5 heteroatoms. The van der Waals surface area contributed by atoms with Crippen LogP contribution in [0.1, 0.15) is 17.3 Å². The van der Waals surface area contributed by atoms with Gasteiger partial charge in [-0.25, -0.2) is 4.39 Å². The lowest BCUT2D eigenvalue weighted by molar-refractivity contribution is 0.0699. The SMILES string of the molecule is COc1ccc(C(=O)N(C)CC(C)O)c(F)c1. The minimum Gasteiger partial charge on any atom is -0.497 e. The summed E-state index contributed by atoms with van der Waals surface area (Å²) in [4.78, 5) is 13.1. The van der Waals surface area contributed by atoms with Gasteiger partial charge in [0, 0.05) is 19.7 Å². The third-order valence-corrected chi connectivity index (χ3v) is 2.29. The molecule has 1 aromatic rings. The topological polar surface area (TPSA) is 49.8 Å². The van der Waals surface area contributed by atoms with Gasteiger partial charge in [0.2, 0.25) is 0 Å². The largest absolute Gasteiger partial charge is 0.497 e. The molecule has 94 valence electrons. The predicted octanol–water partition coefficient (Wildman–Crippen LogP) is 1.29. The molecule has 0 saturated heterocycles. The van der Waals surface area contributed by atoms with Gasteiger partial charge < -0.3 is 14.7 Å². The van der Waals surface area contributed by atoms with Gasteiger partial charge in [-0.05, 0) is 19.1 Å². The Labute approximate surface area is 99.6 Å². The highest BCUT2D eigenvalue weighted by molar-refractivity contribution is 5.94. The molecule has 0 aliphatic heterocycles. The molecule has 0 radical (unpaired) electrons. The summed E-state index contributed by atoms with van der Waals surface area (Å²) in [6.45, 7) is 1.72. The Hall–Kier alpha value is -1.62. The molecular weight excluding hydrogens is 225 g/mol. The smallest absolute Gasteiger partial charge is 0.256 e. The summed E-state index contributed by atoms with van der Waals surface area (Å²) in [7, 11) is 2.94. The fourth-order valence-corrected chi connectivity index (χ4v) is 1.48. The minimum absolute atomic E-state index is 0.0334. The zero-order chi connectivity index (χ0) is 13.0. The number of rotatable bonds is 4. The van der Waals surface area contributed by atoms with Crippen LogP contribution in [-0.2, 0) is 0 Å². The fourth-order valence-electron chi connectivity index (χ4n) is 1.48. The molecule has 1 N–H and O–H groups in total. The van der Waals surface area contributed by atoms with E-state index in [1.807, 2.05) is 0 Å². The quantitative estimate of drug-likeness (QED) is 0.864. The average Bonchev–Trinajstić information content (AvgIpc) is 2.27. The zero-order valence-electron chi connectivity index (χ0n) is 10.1. The highest BCUT2D eigenvalue weighted by Gasteiger charge is 2.17. The van der Waals surface area contributed by atoms with Crippen LogP contribution in [0.3, 0.4) is 0 Å². The number of aliphatic hydroxyl groups is 1. The Bertz CT molecular complexity index is 407. The number of carbonyl (C=O) groups is 1. The molecular formula is C12H16FNO3. The van der Waals surface area contributed by atoms with Crippen LogP contribution in [-0.4, -0.2) is 42.7 Å². The molecule has 1 aromatic carbocycles. The fraction of sp³-hybridized carbons (Fsp3) is 0.417. The van der Waals surface area contributed by atoms with Crippen molar-refractivity contribution in [3.8, 4) is 5.75 Å².